The van der Waals surface area contributed by atoms with E-state index in [1.165, 1.54) is 5.56 Å². The second kappa shape index (κ2) is 8.80. The van der Waals surface area contributed by atoms with E-state index in [0.29, 0.717) is 17.5 Å². The number of aryl methyl sites for hydroxylation is 1. The summed E-state index contributed by atoms with van der Waals surface area (Å²) in [6.45, 7) is 10.6. The summed E-state index contributed by atoms with van der Waals surface area (Å²) in [6, 6.07) is 15.5. The number of carbonyl (C=O) groups is 2. The van der Waals surface area contributed by atoms with Gasteiger partial charge in [-0.3, -0.25) is 4.79 Å². The zero-order valence-electron chi connectivity index (χ0n) is 18.7. The van der Waals surface area contributed by atoms with E-state index in [4.69, 9.17) is 4.74 Å². The summed E-state index contributed by atoms with van der Waals surface area (Å²) in [6.07, 6.45) is 0. The van der Waals surface area contributed by atoms with E-state index < -0.39 is 5.97 Å². The van der Waals surface area contributed by atoms with Crippen molar-refractivity contribution in [2.24, 2.45) is 0 Å². The van der Waals surface area contributed by atoms with Gasteiger partial charge in [0.25, 0.3) is 5.91 Å². The minimum atomic E-state index is -1.11. The van der Waals surface area contributed by atoms with Gasteiger partial charge in [-0.25, -0.2) is 4.79 Å². The van der Waals surface area contributed by atoms with E-state index in [2.05, 4.69) is 38.2 Å². The van der Waals surface area contributed by atoms with Gasteiger partial charge >= 0.3 is 5.97 Å². The van der Waals surface area contributed by atoms with Gasteiger partial charge in [-0.2, -0.15) is 0 Å². The fraction of sp³-hybridized carbons (Fsp3) is 0.308. The third kappa shape index (κ3) is 4.55. The van der Waals surface area contributed by atoms with Crippen LogP contribution in [-0.2, 0) is 12.0 Å². The van der Waals surface area contributed by atoms with Crippen molar-refractivity contribution < 1.29 is 19.4 Å². The fourth-order valence-electron chi connectivity index (χ4n) is 3.75. The largest absolute Gasteiger partial charge is 0.492 e. The molecule has 0 saturated carbocycles. The molecule has 0 heterocycles. The van der Waals surface area contributed by atoms with Crippen molar-refractivity contribution in [3.8, 4) is 5.75 Å². The third-order valence-corrected chi connectivity index (χ3v) is 5.43. The molecule has 0 radical (unpaired) electrons. The van der Waals surface area contributed by atoms with E-state index in [0.717, 1.165) is 10.9 Å². The van der Waals surface area contributed by atoms with Crippen LogP contribution >= 0.6 is 0 Å². The molecule has 0 fully saturated rings. The lowest BCUT2D eigenvalue weighted by molar-refractivity contribution is 0.0692. The first kappa shape index (κ1) is 22.3. The van der Waals surface area contributed by atoms with Crippen LogP contribution in [0.5, 0.6) is 5.75 Å². The highest BCUT2D eigenvalue weighted by molar-refractivity contribution is 6.14. The minimum absolute atomic E-state index is 0.0280. The number of benzene rings is 3. The first-order chi connectivity index (χ1) is 14.6. The summed E-state index contributed by atoms with van der Waals surface area (Å²) >= 11 is 0. The van der Waals surface area contributed by atoms with Crippen LogP contribution in [0, 0.1) is 6.92 Å². The lowest BCUT2D eigenvalue weighted by Crippen LogP contribution is -2.25. The number of hydrogen-bond acceptors (Lipinski definition) is 3. The van der Waals surface area contributed by atoms with E-state index in [1.54, 1.807) is 13.8 Å². The van der Waals surface area contributed by atoms with Crippen LogP contribution in [0.25, 0.3) is 10.8 Å². The topological polar surface area (TPSA) is 75.6 Å². The maximum absolute atomic E-state index is 13.3. The number of nitrogens with one attached hydrogen (secondary N) is 1. The Balaban J connectivity index is 2.01. The van der Waals surface area contributed by atoms with Crippen LogP contribution in [-0.4, -0.2) is 23.6 Å². The van der Waals surface area contributed by atoms with Gasteiger partial charge in [-0.05, 0) is 46.7 Å². The maximum atomic E-state index is 13.3. The Bertz CT molecular complexity index is 1120. The van der Waals surface area contributed by atoms with Gasteiger partial charge in [0, 0.05) is 6.54 Å². The molecule has 0 aliphatic rings. The molecule has 0 aromatic heterocycles. The Morgan fingerprint density at radius 3 is 2.13 bits per heavy atom. The molecule has 2 N–H and O–H groups in total. The van der Waals surface area contributed by atoms with Crippen molar-refractivity contribution in [2.45, 2.75) is 46.6 Å². The summed E-state index contributed by atoms with van der Waals surface area (Å²) in [5, 5.41) is 14.2. The molecular weight excluding hydrogens is 390 g/mol. The van der Waals surface area contributed by atoms with Gasteiger partial charge in [0.15, 0.2) is 0 Å². The van der Waals surface area contributed by atoms with Crippen LogP contribution in [0.15, 0.2) is 48.5 Å². The number of hydrogen-bond donors (Lipinski definition) is 2. The molecule has 3 aromatic carbocycles. The number of fused-ring (bicyclic) bond motifs is 1. The smallest absolute Gasteiger partial charge is 0.339 e. The molecule has 5 heteroatoms. The van der Waals surface area contributed by atoms with E-state index in [1.807, 2.05) is 36.4 Å². The normalized spacial score (nSPS) is 11.4. The second-order valence-electron chi connectivity index (χ2n) is 8.62. The van der Waals surface area contributed by atoms with Gasteiger partial charge < -0.3 is 15.2 Å². The van der Waals surface area contributed by atoms with Crippen LogP contribution in [0.4, 0.5) is 0 Å². The number of rotatable bonds is 6. The molecule has 31 heavy (non-hydrogen) atoms. The standard InChI is InChI=1S/C26H29NO4/c1-6-31-23-21(25(29)30)16(2)19-9-7-8-10-20(19)22(23)24(28)27-15-17-11-13-18(14-12-17)26(3,4)5/h7-14H,6,15H2,1-5H3,(H,27,28)(H,29,30). The Kier molecular flexibility index (Phi) is 6.34. The molecule has 3 rings (SSSR count). The minimum Gasteiger partial charge on any atom is -0.492 e. The molecular formula is C26H29NO4. The monoisotopic (exact) mass is 419 g/mol. The maximum Gasteiger partial charge on any atom is 0.339 e. The summed E-state index contributed by atoms with van der Waals surface area (Å²) in [5.74, 6) is -1.35. The Morgan fingerprint density at radius 1 is 0.968 bits per heavy atom. The van der Waals surface area contributed by atoms with Gasteiger partial charge in [-0.1, -0.05) is 69.3 Å². The number of carboxylic acid groups (broad SMARTS) is 1. The zero-order valence-corrected chi connectivity index (χ0v) is 18.7. The molecule has 5 nitrogen and oxygen atoms in total. The van der Waals surface area contributed by atoms with Crippen molar-refractivity contribution in [3.63, 3.8) is 0 Å². The van der Waals surface area contributed by atoms with Crippen molar-refractivity contribution >= 4 is 22.6 Å². The van der Waals surface area contributed by atoms with E-state index in [-0.39, 0.29) is 34.8 Å². The Hall–Kier alpha value is -3.34. The Labute approximate surface area is 183 Å². The lowest BCUT2D eigenvalue weighted by Gasteiger charge is -2.20. The summed E-state index contributed by atoms with van der Waals surface area (Å²) < 4.78 is 5.70. The van der Waals surface area contributed by atoms with Gasteiger partial charge in [0.2, 0.25) is 0 Å². The molecule has 162 valence electrons. The first-order valence-electron chi connectivity index (χ1n) is 10.4. The second-order valence-corrected chi connectivity index (χ2v) is 8.62. The highest BCUT2D eigenvalue weighted by Gasteiger charge is 2.26. The van der Waals surface area contributed by atoms with E-state index >= 15 is 0 Å². The molecule has 0 aliphatic heterocycles. The molecule has 0 spiro atoms. The number of aromatic carboxylic acids is 1. The molecule has 0 atom stereocenters. The Morgan fingerprint density at radius 2 is 1.58 bits per heavy atom. The highest BCUT2D eigenvalue weighted by atomic mass is 16.5. The predicted molar refractivity (Wildman–Crippen MR) is 123 cm³/mol. The van der Waals surface area contributed by atoms with Crippen molar-refractivity contribution in [1.82, 2.24) is 5.32 Å². The SMILES string of the molecule is CCOc1c(C(=O)O)c(C)c2ccccc2c1C(=O)NCc1ccc(C(C)(C)C)cc1. The van der Waals surface area contributed by atoms with Crippen molar-refractivity contribution in [2.75, 3.05) is 6.61 Å². The quantitative estimate of drug-likeness (QED) is 0.555. The number of carboxylic acids is 1. The first-order valence-corrected chi connectivity index (χ1v) is 10.4. The molecule has 0 aliphatic carbocycles. The molecule has 0 saturated heterocycles. The van der Waals surface area contributed by atoms with Crippen molar-refractivity contribution in [3.05, 3.63) is 76.3 Å². The fourth-order valence-corrected chi connectivity index (χ4v) is 3.75. The van der Waals surface area contributed by atoms with Crippen LogP contribution in [0.3, 0.4) is 0 Å². The lowest BCUT2D eigenvalue weighted by atomic mass is 9.87. The van der Waals surface area contributed by atoms with Gasteiger partial charge in [0.05, 0.1) is 12.2 Å². The molecule has 0 bridgehead atoms. The average molecular weight is 420 g/mol. The van der Waals surface area contributed by atoms with Gasteiger partial charge in [0.1, 0.15) is 11.3 Å². The summed E-state index contributed by atoms with van der Waals surface area (Å²) in [7, 11) is 0. The number of ether oxygens (including phenoxy) is 1. The third-order valence-electron chi connectivity index (χ3n) is 5.43. The molecule has 0 unspecified atom stereocenters. The molecule has 3 aromatic rings. The van der Waals surface area contributed by atoms with Crippen LogP contribution < -0.4 is 10.1 Å². The zero-order chi connectivity index (χ0) is 22.8. The number of carbonyl (C=O) groups excluding carboxylic acids is 1. The predicted octanol–water partition coefficient (Wildman–Crippen LogP) is 5.47. The number of amides is 1. The summed E-state index contributed by atoms with van der Waals surface area (Å²) in [5.41, 5.74) is 3.11. The van der Waals surface area contributed by atoms with Crippen molar-refractivity contribution in [1.29, 1.82) is 0 Å². The van der Waals surface area contributed by atoms with Crippen LogP contribution in [0.2, 0.25) is 0 Å². The molecule has 1 amide bonds. The summed E-state index contributed by atoms with van der Waals surface area (Å²) in [4.78, 5) is 25.3. The highest BCUT2D eigenvalue weighted by Crippen LogP contribution is 2.36. The van der Waals surface area contributed by atoms with Crippen LogP contribution in [0.1, 0.15) is 65.1 Å². The van der Waals surface area contributed by atoms with E-state index in [9.17, 15) is 14.7 Å². The average Bonchev–Trinajstić information content (AvgIpc) is 2.72. The van der Waals surface area contributed by atoms with Gasteiger partial charge in [-0.15, -0.1) is 0 Å².